The van der Waals surface area contributed by atoms with E-state index < -0.39 is 0 Å². The van der Waals surface area contributed by atoms with Crippen LogP contribution >= 0.6 is 0 Å². The smallest absolute Gasteiger partial charge is 0.0951 e. The summed E-state index contributed by atoms with van der Waals surface area (Å²) in [5, 5.41) is 4.54. The van der Waals surface area contributed by atoms with Gasteiger partial charge in [0.15, 0.2) is 0 Å². The van der Waals surface area contributed by atoms with Crippen LogP contribution in [0.5, 0.6) is 0 Å². The van der Waals surface area contributed by atoms with E-state index in [2.05, 4.69) is 36.1 Å². The number of pyridine rings is 1. The van der Waals surface area contributed by atoms with Crippen molar-refractivity contribution in [1.29, 1.82) is 0 Å². The molecule has 4 heteroatoms. The molecule has 19 heavy (non-hydrogen) atoms. The van der Waals surface area contributed by atoms with Gasteiger partial charge in [0.05, 0.1) is 11.2 Å². The molecule has 0 aliphatic rings. The first-order chi connectivity index (χ1) is 9.09. The molecule has 1 aromatic carbocycles. The van der Waals surface area contributed by atoms with E-state index in [1.807, 2.05) is 24.3 Å². The van der Waals surface area contributed by atoms with Gasteiger partial charge in [-0.15, -0.1) is 0 Å². The van der Waals surface area contributed by atoms with Crippen LogP contribution in [0.1, 0.15) is 13.8 Å². The van der Waals surface area contributed by atoms with E-state index >= 15 is 0 Å². The van der Waals surface area contributed by atoms with Gasteiger partial charge >= 0.3 is 0 Å². The molecule has 0 aliphatic carbocycles. The van der Waals surface area contributed by atoms with Gasteiger partial charge in [0.25, 0.3) is 0 Å². The Morgan fingerprint density at radius 1 is 1.32 bits per heavy atom. The first-order valence-electron chi connectivity index (χ1n) is 6.67. The van der Waals surface area contributed by atoms with Crippen LogP contribution in [0.3, 0.4) is 0 Å². The summed E-state index contributed by atoms with van der Waals surface area (Å²) in [5.74, 6) is 0. The third-order valence-corrected chi connectivity index (χ3v) is 3.46. The van der Waals surface area contributed by atoms with Crippen LogP contribution in [0, 0.1) is 0 Å². The van der Waals surface area contributed by atoms with Gasteiger partial charge in [-0.1, -0.05) is 12.1 Å². The van der Waals surface area contributed by atoms with Crippen LogP contribution in [-0.2, 0) is 0 Å². The van der Waals surface area contributed by atoms with Gasteiger partial charge in [0, 0.05) is 36.4 Å². The molecule has 0 atom stereocenters. The summed E-state index contributed by atoms with van der Waals surface area (Å²) in [4.78, 5) is 6.65. The highest BCUT2D eigenvalue weighted by atomic mass is 15.1. The second kappa shape index (κ2) is 5.89. The van der Waals surface area contributed by atoms with E-state index in [-0.39, 0.29) is 0 Å². The number of anilines is 2. The van der Waals surface area contributed by atoms with Crippen LogP contribution in [0.15, 0.2) is 30.5 Å². The molecule has 0 amide bonds. The number of rotatable bonds is 5. The van der Waals surface area contributed by atoms with Crippen molar-refractivity contribution in [2.75, 3.05) is 31.2 Å². The number of para-hydroxylation sites is 1. The lowest BCUT2D eigenvalue weighted by Gasteiger charge is -2.21. The van der Waals surface area contributed by atoms with Crippen molar-refractivity contribution in [3.63, 3.8) is 0 Å². The Hall–Kier alpha value is -1.81. The van der Waals surface area contributed by atoms with Crippen molar-refractivity contribution in [1.82, 2.24) is 9.88 Å². The zero-order valence-corrected chi connectivity index (χ0v) is 11.9. The zero-order valence-electron chi connectivity index (χ0n) is 11.9. The molecular weight excluding hydrogens is 236 g/mol. The average molecular weight is 258 g/mol. The number of hydrogen-bond acceptors (Lipinski definition) is 4. The highest BCUT2D eigenvalue weighted by Crippen LogP contribution is 2.25. The molecule has 0 radical (unpaired) electrons. The highest BCUT2D eigenvalue weighted by Gasteiger charge is 2.05. The van der Waals surface area contributed by atoms with Crippen LogP contribution in [0.4, 0.5) is 11.4 Å². The lowest BCUT2D eigenvalue weighted by Crippen LogP contribution is -2.31. The summed E-state index contributed by atoms with van der Waals surface area (Å²) in [6.45, 7) is 6.30. The van der Waals surface area contributed by atoms with Gasteiger partial charge in [-0.05, 0) is 33.0 Å². The molecule has 102 valence electrons. The number of hydrogen-bond donors (Lipinski definition) is 2. The van der Waals surface area contributed by atoms with Crippen molar-refractivity contribution in [3.05, 3.63) is 30.5 Å². The van der Waals surface area contributed by atoms with E-state index in [9.17, 15) is 0 Å². The molecule has 0 spiro atoms. The molecule has 2 rings (SSSR count). The molecule has 0 fully saturated rings. The Bertz CT molecular complexity index is 551. The second-order valence-corrected chi connectivity index (χ2v) is 5.10. The van der Waals surface area contributed by atoms with Gasteiger partial charge in [0.1, 0.15) is 0 Å². The molecule has 4 nitrogen and oxygen atoms in total. The van der Waals surface area contributed by atoms with E-state index in [4.69, 9.17) is 5.73 Å². The third-order valence-electron chi connectivity index (χ3n) is 3.46. The fourth-order valence-corrected chi connectivity index (χ4v) is 1.98. The van der Waals surface area contributed by atoms with Crippen molar-refractivity contribution < 1.29 is 0 Å². The van der Waals surface area contributed by atoms with E-state index in [1.165, 1.54) is 0 Å². The lowest BCUT2D eigenvalue weighted by atomic mass is 10.1. The number of benzene rings is 1. The monoisotopic (exact) mass is 258 g/mol. The van der Waals surface area contributed by atoms with Crippen LogP contribution in [-0.4, -0.2) is 36.1 Å². The number of nitrogens with one attached hydrogen (secondary N) is 1. The number of nitrogen functional groups attached to an aromatic ring is 1. The molecular formula is C15H22N4. The number of aromatic nitrogens is 1. The van der Waals surface area contributed by atoms with Crippen LogP contribution < -0.4 is 11.1 Å². The Kier molecular flexibility index (Phi) is 4.22. The summed E-state index contributed by atoms with van der Waals surface area (Å²) in [5.41, 5.74) is 8.62. The van der Waals surface area contributed by atoms with E-state index in [0.717, 1.165) is 35.4 Å². The minimum Gasteiger partial charge on any atom is -0.397 e. The maximum atomic E-state index is 5.94. The SMILES string of the molecule is CC(C)N(C)CCNc1ccnc2c(N)cccc12. The number of likely N-dealkylation sites (N-methyl/N-ethyl adjacent to an activating group) is 1. The van der Waals surface area contributed by atoms with Crippen LogP contribution in [0.2, 0.25) is 0 Å². The minimum atomic E-state index is 0.562. The number of nitrogens with zero attached hydrogens (tertiary/aromatic N) is 2. The van der Waals surface area contributed by atoms with Crippen LogP contribution in [0.25, 0.3) is 10.9 Å². The number of nitrogens with two attached hydrogens (primary N) is 1. The van der Waals surface area contributed by atoms with Crippen molar-refractivity contribution in [2.24, 2.45) is 0 Å². The quantitative estimate of drug-likeness (QED) is 0.809. The predicted molar refractivity (Wildman–Crippen MR) is 82.4 cm³/mol. The molecule has 0 aliphatic heterocycles. The average Bonchev–Trinajstić information content (AvgIpc) is 2.39. The predicted octanol–water partition coefficient (Wildman–Crippen LogP) is 2.57. The Morgan fingerprint density at radius 2 is 2.11 bits per heavy atom. The number of fused-ring (bicyclic) bond motifs is 1. The standard InChI is InChI=1S/C15H22N4/c1-11(2)19(3)10-9-17-14-7-8-18-15-12(14)5-4-6-13(15)16/h4-8,11H,9-10,16H2,1-3H3,(H,17,18). The first-order valence-corrected chi connectivity index (χ1v) is 6.67. The zero-order chi connectivity index (χ0) is 13.8. The van der Waals surface area contributed by atoms with Gasteiger partial charge in [0.2, 0.25) is 0 Å². The summed E-state index contributed by atoms with van der Waals surface area (Å²) in [6.07, 6.45) is 1.80. The van der Waals surface area contributed by atoms with Crippen molar-refractivity contribution >= 4 is 22.3 Å². The molecule has 1 heterocycles. The normalized spacial score (nSPS) is 11.4. The molecule has 0 unspecified atom stereocenters. The van der Waals surface area contributed by atoms with Gasteiger partial charge < -0.3 is 16.0 Å². The van der Waals surface area contributed by atoms with Gasteiger partial charge in [-0.25, -0.2) is 0 Å². The second-order valence-electron chi connectivity index (χ2n) is 5.10. The topological polar surface area (TPSA) is 54.2 Å². The molecule has 0 saturated carbocycles. The molecule has 1 aromatic heterocycles. The minimum absolute atomic E-state index is 0.562. The Morgan fingerprint density at radius 3 is 2.84 bits per heavy atom. The Balaban J connectivity index is 2.11. The fourth-order valence-electron chi connectivity index (χ4n) is 1.98. The maximum absolute atomic E-state index is 5.94. The maximum Gasteiger partial charge on any atom is 0.0951 e. The molecule has 2 aromatic rings. The molecule has 0 saturated heterocycles. The van der Waals surface area contributed by atoms with Gasteiger partial charge in [-0.2, -0.15) is 0 Å². The summed E-state index contributed by atoms with van der Waals surface area (Å²) < 4.78 is 0. The fraction of sp³-hybridized carbons (Fsp3) is 0.400. The Labute approximate surface area is 114 Å². The lowest BCUT2D eigenvalue weighted by molar-refractivity contribution is 0.284. The first kappa shape index (κ1) is 13.6. The molecule has 3 N–H and O–H groups in total. The summed E-state index contributed by atoms with van der Waals surface area (Å²) in [6, 6.07) is 8.45. The molecule has 0 bridgehead atoms. The summed E-state index contributed by atoms with van der Waals surface area (Å²) >= 11 is 0. The summed E-state index contributed by atoms with van der Waals surface area (Å²) in [7, 11) is 2.13. The van der Waals surface area contributed by atoms with Crippen molar-refractivity contribution in [2.45, 2.75) is 19.9 Å². The van der Waals surface area contributed by atoms with Crippen molar-refractivity contribution in [3.8, 4) is 0 Å². The third kappa shape index (κ3) is 3.15. The van der Waals surface area contributed by atoms with Gasteiger partial charge in [-0.3, -0.25) is 4.98 Å². The largest absolute Gasteiger partial charge is 0.397 e. The highest BCUT2D eigenvalue weighted by molar-refractivity contribution is 5.97. The van der Waals surface area contributed by atoms with E-state index in [1.54, 1.807) is 6.20 Å². The van der Waals surface area contributed by atoms with E-state index in [0.29, 0.717) is 6.04 Å².